The predicted molar refractivity (Wildman–Crippen MR) is 250 cm³/mol. The Labute approximate surface area is 345 Å². The second-order valence-corrected chi connectivity index (χ2v) is 16.0. The summed E-state index contributed by atoms with van der Waals surface area (Å²) in [5, 5.41) is 12.9. The second kappa shape index (κ2) is 12.8. The topological polar surface area (TPSA) is 43.9 Å². The lowest BCUT2D eigenvalue weighted by Gasteiger charge is -2.18. The van der Waals surface area contributed by atoms with Crippen LogP contribution in [-0.4, -0.2) is 14.5 Å². The maximum absolute atomic E-state index is 6.83. The molecule has 0 saturated carbocycles. The van der Waals surface area contributed by atoms with Gasteiger partial charge < -0.3 is 4.42 Å². The number of para-hydroxylation sites is 2. The van der Waals surface area contributed by atoms with Crippen molar-refractivity contribution >= 4 is 87.0 Å². The van der Waals surface area contributed by atoms with Crippen LogP contribution in [0.15, 0.2) is 199 Å². The van der Waals surface area contributed by atoms with Gasteiger partial charge in [0, 0.05) is 38.4 Å². The van der Waals surface area contributed by atoms with E-state index < -0.39 is 0 Å². The van der Waals surface area contributed by atoms with Gasteiger partial charge in [-0.2, -0.15) is 0 Å². The summed E-state index contributed by atoms with van der Waals surface area (Å²) in [6.45, 7) is 0. The third-order valence-corrected chi connectivity index (χ3v) is 12.7. The molecule has 0 radical (unpaired) electrons. The van der Waals surface area contributed by atoms with E-state index in [0.717, 1.165) is 61.6 Å². The molecular formula is C56H35N3O. The van der Waals surface area contributed by atoms with Crippen LogP contribution in [-0.2, 0) is 0 Å². The summed E-state index contributed by atoms with van der Waals surface area (Å²) in [7, 11) is 0. The number of rotatable bonds is 4. The molecule has 0 aliphatic heterocycles. The second-order valence-electron chi connectivity index (χ2n) is 16.0. The number of fused-ring (bicyclic) bond motifs is 13. The van der Waals surface area contributed by atoms with Crippen LogP contribution in [0, 0.1) is 0 Å². The van der Waals surface area contributed by atoms with Crippen LogP contribution < -0.4 is 0 Å². The number of furan rings is 1. The predicted octanol–water partition coefficient (Wildman–Crippen LogP) is 15.0. The molecule has 13 rings (SSSR count). The fraction of sp³-hybridized carbons (Fsp3) is 0.0357. The first-order chi connectivity index (χ1) is 29.8. The summed E-state index contributed by atoms with van der Waals surface area (Å²) in [5.74, 6) is 0.860. The van der Waals surface area contributed by atoms with Crippen molar-refractivity contribution in [3.63, 3.8) is 0 Å². The van der Waals surface area contributed by atoms with E-state index in [0.29, 0.717) is 5.95 Å². The molecule has 3 heterocycles. The van der Waals surface area contributed by atoms with Gasteiger partial charge in [-0.15, -0.1) is 0 Å². The van der Waals surface area contributed by atoms with E-state index >= 15 is 0 Å². The van der Waals surface area contributed by atoms with E-state index in [2.05, 4.69) is 199 Å². The van der Waals surface area contributed by atoms with Gasteiger partial charge in [-0.25, -0.2) is 9.97 Å². The zero-order chi connectivity index (χ0) is 39.3. The summed E-state index contributed by atoms with van der Waals surface area (Å²) in [4.78, 5) is 11.1. The number of aromatic nitrogens is 3. The molecule has 9 aromatic carbocycles. The van der Waals surface area contributed by atoms with Crippen molar-refractivity contribution in [3.05, 3.63) is 200 Å². The quantitative estimate of drug-likeness (QED) is 0.179. The van der Waals surface area contributed by atoms with Crippen LogP contribution in [0.4, 0.5) is 0 Å². The molecule has 1 aliphatic carbocycles. The van der Waals surface area contributed by atoms with Crippen LogP contribution >= 0.6 is 0 Å². The van der Waals surface area contributed by atoms with E-state index in [-0.39, 0.29) is 5.92 Å². The highest BCUT2D eigenvalue weighted by Crippen LogP contribution is 2.47. The highest BCUT2D eigenvalue weighted by Gasteiger charge is 2.26. The maximum Gasteiger partial charge on any atom is 0.235 e. The molecule has 3 aromatic heterocycles. The Morgan fingerprint density at radius 2 is 1.18 bits per heavy atom. The van der Waals surface area contributed by atoms with Crippen LogP contribution in [0.25, 0.3) is 115 Å². The number of hydrogen-bond acceptors (Lipinski definition) is 3. The van der Waals surface area contributed by atoms with Crippen molar-refractivity contribution in [2.75, 3.05) is 0 Å². The van der Waals surface area contributed by atoms with Gasteiger partial charge in [-0.05, 0) is 85.8 Å². The van der Waals surface area contributed by atoms with Gasteiger partial charge in [0.2, 0.25) is 5.95 Å². The third kappa shape index (κ3) is 4.79. The lowest BCUT2D eigenvalue weighted by Crippen LogP contribution is -2.05. The van der Waals surface area contributed by atoms with E-state index in [1.165, 1.54) is 59.8 Å². The Morgan fingerprint density at radius 3 is 2.00 bits per heavy atom. The average molecular weight is 766 g/mol. The Bertz CT molecular complexity index is 3810. The minimum Gasteiger partial charge on any atom is -0.455 e. The maximum atomic E-state index is 6.83. The van der Waals surface area contributed by atoms with Crippen molar-refractivity contribution < 1.29 is 4.42 Å². The van der Waals surface area contributed by atoms with Gasteiger partial charge in [-0.1, -0.05) is 164 Å². The number of allylic oxidation sites excluding steroid dienone is 4. The van der Waals surface area contributed by atoms with Crippen LogP contribution in [0.1, 0.15) is 17.9 Å². The summed E-state index contributed by atoms with van der Waals surface area (Å²) in [5.41, 5.74) is 10.1. The highest BCUT2D eigenvalue weighted by molar-refractivity contribution is 6.30. The Hall–Kier alpha value is -7.82. The molecule has 60 heavy (non-hydrogen) atoms. The van der Waals surface area contributed by atoms with Crippen molar-refractivity contribution in [3.8, 4) is 28.3 Å². The Kier molecular flexibility index (Phi) is 7.10. The number of nitrogens with zero attached hydrogens (tertiary/aromatic N) is 3. The van der Waals surface area contributed by atoms with Gasteiger partial charge in [-0.3, -0.25) is 4.57 Å². The van der Waals surface area contributed by atoms with E-state index in [1.807, 2.05) is 0 Å². The average Bonchev–Trinajstić information content (AvgIpc) is 3.88. The number of hydrogen-bond donors (Lipinski definition) is 0. The molecule has 1 atom stereocenters. The van der Waals surface area contributed by atoms with Gasteiger partial charge in [0.25, 0.3) is 0 Å². The van der Waals surface area contributed by atoms with Gasteiger partial charge in [0.1, 0.15) is 11.2 Å². The van der Waals surface area contributed by atoms with Gasteiger partial charge in [0.05, 0.1) is 22.2 Å². The first kappa shape index (κ1) is 33.2. The molecule has 0 bridgehead atoms. The highest BCUT2D eigenvalue weighted by atomic mass is 16.3. The van der Waals surface area contributed by atoms with Crippen molar-refractivity contribution in [2.24, 2.45) is 0 Å². The lowest BCUT2D eigenvalue weighted by molar-refractivity contribution is 0.670. The van der Waals surface area contributed by atoms with Gasteiger partial charge in [0.15, 0.2) is 0 Å². The van der Waals surface area contributed by atoms with E-state index in [9.17, 15) is 0 Å². The SMILES string of the molecule is C1=CCC(c2cc3c(c4ccccc24)c2c4ccccc4c(-c4ccccc4)cc2n3-c2nc(-c3cccc4c3oc3ccc5ccccc5c34)c3ccccc3n2)C=C1. The Balaban J connectivity index is 1.19. The minimum atomic E-state index is 0.238. The largest absolute Gasteiger partial charge is 0.455 e. The summed E-state index contributed by atoms with van der Waals surface area (Å²) in [6, 6.07) is 60.9. The van der Waals surface area contributed by atoms with Crippen molar-refractivity contribution in [2.45, 2.75) is 12.3 Å². The molecule has 1 aliphatic rings. The van der Waals surface area contributed by atoms with E-state index in [1.54, 1.807) is 0 Å². The van der Waals surface area contributed by atoms with E-state index in [4.69, 9.17) is 14.4 Å². The molecule has 12 aromatic rings. The standard InChI is InChI=1S/C56H35N3O/c1-3-16-34(17-4-1)45-32-48-52(40-24-11-9-22-38(40)45)53-41-25-12-10-23-39(41)46(35-18-5-2-6-19-35)33-49(53)59(48)56-57-47-29-14-13-26-42(47)54(58-56)44-28-15-27-43-51-37-21-8-7-20-36(37)30-31-50(51)60-55(43)44/h1-18,20-33,35H,19H2. The molecule has 0 N–H and O–H groups in total. The lowest BCUT2D eigenvalue weighted by atomic mass is 9.87. The molecule has 0 spiro atoms. The number of benzene rings is 9. The fourth-order valence-electron chi connectivity index (χ4n) is 10.1. The molecule has 0 amide bonds. The molecule has 0 saturated heterocycles. The van der Waals surface area contributed by atoms with Crippen LogP contribution in [0.5, 0.6) is 0 Å². The van der Waals surface area contributed by atoms with Crippen molar-refractivity contribution in [1.29, 1.82) is 0 Å². The molecule has 1 unspecified atom stereocenters. The van der Waals surface area contributed by atoms with Crippen molar-refractivity contribution in [1.82, 2.24) is 14.5 Å². The smallest absolute Gasteiger partial charge is 0.235 e. The summed E-state index contributed by atoms with van der Waals surface area (Å²) in [6.07, 6.45) is 9.90. The van der Waals surface area contributed by atoms with Crippen LogP contribution in [0.2, 0.25) is 0 Å². The van der Waals surface area contributed by atoms with Crippen LogP contribution in [0.3, 0.4) is 0 Å². The summed E-state index contributed by atoms with van der Waals surface area (Å²) < 4.78 is 9.17. The molecule has 4 heteroatoms. The molecule has 0 fully saturated rings. The summed E-state index contributed by atoms with van der Waals surface area (Å²) >= 11 is 0. The molecule has 280 valence electrons. The molecular weight excluding hydrogens is 731 g/mol. The normalized spacial score (nSPS) is 14.3. The minimum absolute atomic E-state index is 0.238. The Morgan fingerprint density at radius 1 is 0.500 bits per heavy atom. The monoisotopic (exact) mass is 765 g/mol. The zero-order valence-corrected chi connectivity index (χ0v) is 32.5. The zero-order valence-electron chi connectivity index (χ0n) is 32.5. The fourth-order valence-corrected chi connectivity index (χ4v) is 10.1. The third-order valence-electron chi connectivity index (χ3n) is 12.7. The first-order valence-electron chi connectivity index (χ1n) is 20.7. The molecule has 4 nitrogen and oxygen atoms in total. The first-order valence-corrected chi connectivity index (χ1v) is 20.7. The van der Waals surface area contributed by atoms with Gasteiger partial charge >= 0.3 is 0 Å².